The van der Waals surface area contributed by atoms with Gasteiger partial charge in [0.15, 0.2) is 11.5 Å². The first-order chi connectivity index (χ1) is 7.69. The fourth-order valence-corrected chi connectivity index (χ4v) is 1.73. The predicted molar refractivity (Wildman–Crippen MR) is 60.6 cm³/mol. The van der Waals surface area contributed by atoms with Gasteiger partial charge in [-0.05, 0) is 18.6 Å². The average Bonchev–Trinajstić information content (AvgIpc) is 2.59. The van der Waals surface area contributed by atoms with E-state index in [1.165, 1.54) is 12.1 Å². The molecule has 0 aliphatic carbocycles. The van der Waals surface area contributed by atoms with Crippen LogP contribution in [0.5, 0.6) is 0 Å². The highest BCUT2D eigenvalue weighted by Gasteiger charge is 2.10. The van der Waals surface area contributed by atoms with Gasteiger partial charge in [0.25, 0.3) is 0 Å². The molecule has 2 rings (SSSR count). The maximum Gasteiger partial charge on any atom is 0.197 e. The Balaban J connectivity index is 2.19. The molecule has 1 unspecified atom stereocenters. The topological polar surface area (TPSA) is 52.0 Å². The zero-order valence-electron chi connectivity index (χ0n) is 9.24. The van der Waals surface area contributed by atoms with Crippen molar-refractivity contribution in [1.82, 2.24) is 4.98 Å². The van der Waals surface area contributed by atoms with Gasteiger partial charge in [-0.25, -0.2) is 9.37 Å². The number of hydrogen-bond acceptors (Lipinski definition) is 3. The van der Waals surface area contributed by atoms with E-state index in [9.17, 15) is 4.39 Å². The second kappa shape index (κ2) is 4.61. The first kappa shape index (κ1) is 11.1. The summed E-state index contributed by atoms with van der Waals surface area (Å²) in [4.78, 5) is 4.21. The molecule has 16 heavy (non-hydrogen) atoms. The van der Waals surface area contributed by atoms with Crippen LogP contribution >= 0.6 is 0 Å². The van der Waals surface area contributed by atoms with Crippen LogP contribution in [0.2, 0.25) is 0 Å². The molecule has 4 heteroatoms. The molecular weight excluding hydrogens is 207 g/mol. The molecule has 2 N–H and O–H groups in total. The van der Waals surface area contributed by atoms with E-state index >= 15 is 0 Å². The molecule has 0 aliphatic rings. The Kier molecular flexibility index (Phi) is 3.19. The van der Waals surface area contributed by atoms with E-state index in [0.29, 0.717) is 23.4 Å². The van der Waals surface area contributed by atoms with Crippen molar-refractivity contribution in [1.29, 1.82) is 0 Å². The Labute approximate surface area is 93.5 Å². The number of hydrogen-bond donors (Lipinski definition) is 1. The van der Waals surface area contributed by atoms with Crippen LogP contribution in [0.3, 0.4) is 0 Å². The maximum atomic E-state index is 12.9. The number of nitrogens with two attached hydrogens (primary N) is 1. The molecule has 0 fully saturated rings. The molecule has 1 heterocycles. The van der Waals surface area contributed by atoms with Crippen LogP contribution in [0.25, 0.3) is 11.1 Å². The lowest BCUT2D eigenvalue weighted by molar-refractivity contribution is 0.481. The Morgan fingerprint density at radius 3 is 3.06 bits per heavy atom. The number of rotatable bonds is 4. The van der Waals surface area contributed by atoms with Crippen molar-refractivity contribution in [3.05, 3.63) is 29.9 Å². The molecule has 0 amide bonds. The van der Waals surface area contributed by atoms with Gasteiger partial charge in [0, 0.05) is 18.5 Å². The standard InChI is InChI=1S/C12H15FN2O/c1-2-3-9(14)7-12-15-10-6-8(13)4-5-11(10)16-12/h4-6,9H,2-3,7,14H2,1H3. The minimum Gasteiger partial charge on any atom is -0.441 e. The summed E-state index contributed by atoms with van der Waals surface area (Å²) >= 11 is 0. The number of aromatic nitrogens is 1. The SMILES string of the molecule is CCCC(N)Cc1nc2cc(F)ccc2o1. The Morgan fingerprint density at radius 1 is 1.50 bits per heavy atom. The van der Waals surface area contributed by atoms with Crippen molar-refractivity contribution in [2.45, 2.75) is 32.2 Å². The van der Waals surface area contributed by atoms with Crippen molar-refractivity contribution in [3.63, 3.8) is 0 Å². The summed E-state index contributed by atoms with van der Waals surface area (Å²) in [5.74, 6) is 0.284. The molecule has 3 nitrogen and oxygen atoms in total. The summed E-state index contributed by atoms with van der Waals surface area (Å²) in [6.07, 6.45) is 2.58. The molecule has 0 bridgehead atoms. The van der Waals surface area contributed by atoms with Crippen LogP contribution in [-0.2, 0) is 6.42 Å². The second-order valence-electron chi connectivity index (χ2n) is 3.97. The van der Waals surface area contributed by atoms with Crippen LogP contribution < -0.4 is 5.73 Å². The van der Waals surface area contributed by atoms with Gasteiger partial charge >= 0.3 is 0 Å². The van der Waals surface area contributed by atoms with Crippen LogP contribution in [-0.4, -0.2) is 11.0 Å². The minimum absolute atomic E-state index is 0.0582. The fraction of sp³-hybridized carbons (Fsp3) is 0.417. The van der Waals surface area contributed by atoms with Gasteiger partial charge in [0.2, 0.25) is 0 Å². The third kappa shape index (κ3) is 2.39. The second-order valence-corrected chi connectivity index (χ2v) is 3.97. The van der Waals surface area contributed by atoms with Crippen molar-refractivity contribution >= 4 is 11.1 Å². The van der Waals surface area contributed by atoms with Crippen molar-refractivity contribution in [3.8, 4) is 0 Å². The number of benzene rings is 1. The molecule has 0 spiro atoms. The van der Waals surface area contributed by atoms with Gasteiger partial charge < -0.3 is 10.2 Å². The van der Waals surface area contributed by atoms with E-state index in [1.54, 1.807) is 6.07 Å². The maximum absolute atomic E-state index is 12.9. The number of nitrogens with zero attached hydrogens (tertiary/aromatic N) is 1. The van der Waals surface area contributed by atoms with Gasteiger partial charge in [-0.1, -0.05) is 13.3 Å². The minimum atomic E-state index is -0.301. The first-order valence-corrected chi connectivity index (χ1v) is 5.49. The number of oxazole rings is 1. The lowest BCUT2D eigenvalue weighted by Crippen LogP contribution is -2.22. The van der Waals surface area contributed by atoms with E-state index in [2.05, 4.69) is 11.9 Å². The monoisotopic (exact) mass is 222 g/mol. The summed E-state index contributed by atoms with van der Waals surface area (Å²) in [7, 11) is 0. The average molecular weight is 222 g/mol. The van der Waals surface area contributed by atoms with E-state index in [4.69, 9.17) is 10.2 Å². The normalized spacial score (nSPS) is 13.2. The van der Waals surface area contributed by atoms with E-state index in [-0.39, 0.29) is 11.9 Å². The van der Waals surface area contributed by atoms with Crippen molar-refractivity contribution in [2.75, 3.05) is 0 Å². The molecule has 1 aromatic carbocycles. The van der Waals surface area contributed by atoms with Crippen molar-refractivity contribution < 1.29 is 8.81 Å². The van der Waals surface area contributed by atoms with Crippen LogP contribution in [0.15, 0.2) is 22.6 Å². The summed E-state index contributed by atoms with van der Waals surface area (Å²) in [5, 5.41) is 0. The number of fused-ring (bicyclic) bond motifs is 1. The third-order valence-corrected chi connectivity index (χ3v) is 2.49. The zero-order chi connectivity index (χ0) is 11.5. The van der Waals surface area contributed by atoms with E-state index in [0.717, 1.165) is 12.8 Å². The van der Waals surface area contributed by atoms with Gasteiger partial charge in [-0.15, -0.1) is 0 Å². The lowest BCUT2D eigenvalue weighted by atomic mass is 10.1. The van der Waals surface area contributed by atoms with Crippen molar-refractivity contribution in [2.24, 2.45) is 5.73 Å². The van der Waals surface area contributed by atoms with Crippen LogP contribution in [0, 0.1) is 5.82 Å². The van der Waals surface area contributed by atoms with E-state index < -0.39 is 0 Å². The van der Waals surface area contributed by atoms with Gasteiger partial charge in [-0.2, -0.15) is 0 Å². The Hall–Kier alpha value is -1.42. The smallest absolute Gasteiger partial charge is 0.197 e. The molecule has 1 atom stereocenters. The molecule has 0 aliphatic heterocycles. The molecular formula is C12H15FN2O. The molecule has 0 radical (unpaired) electrons. The highest BCUT2D eigenvalue weighted by molar-refractivity contribution is 5.72. The fourth-order valence-electron chi connectivity index (χ4n) is 1.73. The van der Waals surface area contributed by atoms with E-state index in [1.807, 2.05) is 0 Å². The largest absolute Gasteiger partial charge is 0.441 e. The summed E-state index contributed by atoms with van der Waals surface area (Å²) in [6.45, 7) is 2.08. The zero-order valence-corrected chi connectivity index (χ0v) is 9.24. The summed E-state index contributed by atoms with van der Waals surface area (Å²) in [6, 6.07) is 4.38. The molecule has 1 aromatic heterocycles. The molecule has 86 valence electrons. The third-order valence-electron chi connectivity index (χ3n) is 2.49. The number of halogens is 1. The summed E-state index contributed by atoms with van der Waals surface area (Å²) < 4.78 is 18.4. The van der Waals surface area contributed by atoms with Crippen LogP contribution in [0.4, 0.5) is 4.39 Å². The lowest BCUT2D eigenvalue weighted by Gasteiger charge is -2.05. The van der Waals surface area contributed by atoms with Gasteiger partial charge in [-0.3, -0.25) is 0 Å². The predicted octanol–water partition coefficient (Wildman–Crippen LogP) is 2.64. The van der Waals surface area contributed by atoms with Gasteiger partial charge in [0.05, 0.1) is 0 Å². The highest BCUT2D eigenvalue weighted by Crippen LogP contribution is 2.17. The molecule has 0 saturated carbocycles. The quantitative estimate of drug-likeness (QED) is 0.865. The summed E-state index contributed by atoms with van der Waals surface area (Å²) in [5.41, 5.74) is 7.06. The molecule has 2 aromatic rings. The van der Waals surface area contributed by atoms with Gasteiger partial charge in [0.1, 0.15) is 11.3 Å². The Morgan fingerprint density at radius 2 is 2.31 bits per heavy atom. The highest BCUT2D eigenvalue weighted by atomic mass is 19.1. The Bertz CT molecular complexity index is 481. The first-order valence-electron chi connectivity index (χ1n) is 5.49. The van der Waals surface area contributed by atoms with Crippen LogP contribution in [0.1, 0.15) is 25.7 Å². The molecule has 0 saturated heterocycles.